The molecule has 19 heavy (non-hydrogen) atoms. The van der Waals surface area contributed by atoms with Crippen LogP contribution in [0.3, 0.4) is 0 Å². The molecule has 1 heterocycles. The average molecular weight is 327 g/mol. The monoisotopic (exact) mass is 326 g/mol. The minimum Gasteiger partial charge on any atom is -0.507 e. The molecule has 0 spiro atoms. The zero-order valence-electron chi connectivity index (χ0n) is 11.0. The van der Waals surface area contributed by atoms with Crippen molar-refractivity contribution in [2.24, 2.45) is 5.73 Å². The molecule has 0 saturated carbocycles. The number of nitrogens with zero attached hydrogens (tertiary/aromatic N) is 1. The van der Waals surface area contributed by atoms with Crippen molar-refractivity contribution in [2.75, 3.05) is 6.54 Å². The minimum atomic E-state index is -0.132. The summed E-state index contributed by atoms with van der Waals surface area (Å²) in [6.07, 6.45) is 3.02. The van der Waals surface area contributed by atoms with E-state index in [1.165, 1.54) is 0 Å². The summed E-state index contributed by atoms with van der Waals surface area (Å²) >= 11 is 3.27. The molecule has 2 rings (SSSR count). The zero-order valence-corrected chi connectivity index (χ0v) is 12.6. The number of phenols is 1. The van der Waals surface area contributed by atoms with Gasteiger partial charge in [-0.05, 0) is 44.4 Å². The van der Waals surface area contributed by atoms with Gasteiger partial charge in [0.25, 0.3) is 5.91 Å². The SMILES string of the molecule is CC1CCCC(CN)N1C(=O)c1ccc(Br)cc1O. The molecule has 1 aliphatic heterocycles. The highest BCUT2D eigenvalue weighted by molar-refractivity contribution is 9.10. The molecule has 0 radical (unpaired) electrons. The van der Waals surface area contributed by atoms with Crippen molar-refractivity contribution in [3.8, 4) is 5.75 Å². The standard InChI is InChI=1S/C14H19BrN2O2/c1-9-3-2-4-11(8-16)17(9)14(19)12-6-5-10(15)7-13(12)18/h5-7,9,11,18H,2-4,8,16H2,1H3. The van der Waals surface area contributed by atoms with Gasteiger partial charge >= 0.3 is 0 Å². The Bertz CT molecular complexity index is 479. The Morgan fingerprint density at radius 1 is 1.53 bits per heavy atom. The second-order valence-corrected chi connectivity index (χ2v) is 5.96. The highest BCUT2D eigenvalue weighted by Crippen LogP contribution is 2.28. The van der Waals surface area contributed by atoms with E-state index in [9.17, 15) is 9.90 Å². The van der Waals surface area contributed by atoms with Gasteiger partial charge < -0.3 is 15.7 Å². The lowest BCUT2D eigenvalue weighted by atomic mass is 9.95. The van der Waals surface area contributed by atoms with Gasteiger partial charge in [-0.15, -0.1) is 0 Å². The first-order chi connectivity index (χ1) is 9.04. The van der Waals surface area contributed by atoms with E-state index in [2.05, 4.69) is 15.9 Å². The number of hydrogen-bond donors (Lipinski definition) is 2. The number of carbonyl (C=O) groups excluding carboxylic acids is 1. The van der Waals surface area contributed by atoms with Crippen molar-refractivity contribution < 1.29 is 9.90 Å². The van der Waals surface area contributed by atoms with E-state index in [1.807, 2.05) is 11.8 Å². The average Bonchev–Trinajstić information content (AvgIpc) is 2.37. The topological polar surface area (TPSA) is 66.6 Å². The Morgan fingerprint density at radius 2 is 2.26 bits per heavy atom. The smallest absolute Gasteiger partial charge is 0.258 e. The number of benzene rings is 1. The first-order valence-electron chi connectivity index (χ1n) is 6.56. The van der Waals surface area contributed by atoms with Crippen LogP contribution in [-0.2, 0) is 0 Å². The molecule has 1 aromatic rings. The van der Waals surface area contributed by atoms with E-state index in [0.717, 1.165) is 23.7 Å². The van der Waals surface area contributed by atoms with Gasteiger partial charge in [-0.3, -0.25) is 4.79 Å². The van der Waals surface area contributed by atoms with Crippen molar-refractivity contribution in [1.82, 2.24) is 4.90 Å². The number of likely N-dealkylation sites (tertiary alicyclic amines) is 1. The van der Waals surface area contributed by atoms with Crippen molar-refractivity contribution in [3.05, 3.63) is 28.2 Å². The molecule has 1 aromatic carbocycles. The van der Waals surface area contributed by atoms with Crippen LogP contribution >= 0.6 is 15.9 Å². The molecule has 4 nitrogen and oxygen atoms in total. The van der Waals surface area contributed by atoms with Crippen molar-refractivity contribution in [1.29, 1.82) is 0 Å². The van der Waals surface area contributed by atoms with Crippen LogP contribution in [0.1, 0.15) is 36.5 Å². The largest absolute Gasteiger partial charge is 0.507 e. The molecule has 3 N–H and O–H groups in total. The molecule has 2 atom stereocenters. The highest BCUT2D eigenvalue weighted by atomic mass is 79.9. The van der Waals surface area contributed by atoms with Gasteiger partial charge in [0.2, 0.25) is 0 Å². The molecule has 0 aromatic heterocycles. The fraction of sp³-hybridized carbons (Fsp3) is 0.500. The number of halogens is 1. The molecule has 2 unspecified atom stereocenters. The molecule has 1 amide bonds. The maximum Gasteiger partial charge on any atom is 0.258 e. The van der Waals surface area contributed by atoms with E-state index >= 15 is 0 Å². The highest BCUT2D eigenvalue weighted by Gasteiger charge is 2.32. The number of piperidine rings is 1. The summed E-state index contributed by atoms with van der Waals surface area (Å²) in [5.41, 5.74) is 6.11. The molecule has 1 aliphatic rings. The first-order valence-corrected chi connectivity index (χ1v) is 7.35. The van der Waals surface area contributed by atoms with Crippen molar-refractivity contribution in [2.45, 2.75) is 38.3 Å². The summed E-state index contributed by atoms with van der Waals surface area (Å²) in [5.74, 6) is -0.124. The van der Waals surface area contributed by atoms with Crippen LogP contribution in [0.2, 0.25) is 0 Å². The van der Waals surface area contributed by atoms with Crippen LogP contribution in [0, 0.1) is 0 Å². The second kappa shape index (κ2) is 5.92. The van der Waals surface area contributed by atoms with Gasteiger partial charge in [0.15, 0.2) is 0 Å². The molecule has 5 heteroatoms. The van der Waals surface area contributed by atoms with Gasteiger partial charge in [-0.2, -0.15) is 0 Å². The molecule has 0 bridgehead atoms. The number of nitrogens with two attached hydrogens (primary N) is 1. The lowest BCUT2D eigenvalue weighted by molar-refractivity contribution is 0.0491. The van der Waals surface area contributed by atoms with Crippen LogP contribution in [0.25, 0.3) is 0 Å². The normalized spacial score (nSPS) is 23.4. The summed E-state index contributed by atoms with van der Waals surface area (Å²) in [7, 11) is 0. The Labute approximate surface area is 121 Å². The van der Waals surface area contributed by atoms with Gasteiger partial charge in [0, 0.05) is 23.1 Å². The second-order valence-electron chi connectivity index (χ2n) is 5.04. The Morgan fingerprint density at radius 3 is 2.89 bits per heavy atom. The molecular formula is C14H19BrN2O2. The first kappa shape index (κ1) is 14.3. The molecular weight excluding hydrogens is 308 g/mol. The summed E-state index contributed by atoms with van der Waals surface area (Å²) in [4.78, 5) is 14.4. The van der Waals surface area contributed by atoms with Gasteiger partial charge in [-0.25, -0.2) is 0 Å². The molecule has 104 valence electrons. The van der Waals surface area contributed by atoms with Crippen LogP contribution in [0.4, 0.5) is 0 Å². The fourth-order valence-corrected chi connectivity index (χ4v) is 3.06. The predicted molar refractivity (Wildman–Crippen MR) is 78.1 cm³/mol. The Hall–Kier alpha value is -1.07. The molecule has 1 fully saturated rings. The third-order valence-corrected chi connectivity index (χ3v) is 4.22. The summed E-state index contributed by atoms with van der Waals surface area (Å²) in [5, 5.41) is 9.93. The lowest BCUT2D eigenvalue weighted by Gasteiger charge is -2.40. The Balaban J connectivity index is 2.30. The molecule has 1 saturated heterocycles. The van der Waals surface area contributed by atoms with E-state index < -0.39 is 0 Å². The molecule has 0 aliphatic carbocycles. The third-order valence-electron chi connectivity index (χ3n) is 3.72. The number of amides is 1. The predicted octanol–water partition coefficient (Wildman–Crippen LogP) is 2.50. The van der Waals surface area contributed by atoms with E-state index in [4.69, 9.17) is 5.73 Å². The van der Waals surface area contributed by atoms with E-state index in [-0.39, 0.29) is 23.7 Å². The maximum atomic E-state index is 12.6. The fourth-order valence-electron chi connectivity index (χ4n) is 2.71. The van der Waals surface area contributed by atoms with E-state index in [1.54, 1.807) is 18.2 Å². The van der Waals surface area contributed by atoms with Crippen LogP contribution in [-0.4, -0.2) is 34.5 Å². The number of phenolic OH excluding ortho intramolecular Hbond substituents is 1. The number of rotatable bonds is 2. The number of hydrogen-bond acceptors (Lipinski definition) is 3. The van der Waals surface area contributed by atoms with E-state index in [0.29, 0.717) is 12.1 Å². The van der Waals surface area contributed by atoms with Crippen molar-refractivity contribution >= 4 is 21.8 Å². The summed E-state index contributed by atoms with van der Waals surface area (Å²) in [6, 6.07) is 5.19. The van der Waals surface area contributed by atoms with Gasteiger partial charge in [-0.1, -0.05) is 15.9 Å². The van der Waals surface area contributed by atoms with Crippen LogP contribution < -0.4 is 5.73 Å². The van der Waals surface area contributed by atoms with Crippen LogP contribution in [0.15, 0.2) is 22.7 Å². The third kappa shape index (κ3) is 2.92. The van der Waals surface area contributed by atoms with Crippen LogP contribution in [0.5, 0.6) is 5.75 Å². The quantitative estimate of drug-likeness (QED) is 0.877. The number of aromatic hydroxyl groups is 1. The lowest BCUT2D eigenvalue weighted by Crippen LogP contribution is -2.51. The Kier molecular flexibility index (Phi) is 4.47. The summed E-state index contributed by atoms with van der Waals surface area (Å²) < 4.78 is 0.753. The van der Waals surface area contributed by atoms with Gasteiger partial charge in [0.05, 0.1) is 5.56 Å². The zero-order chi connectivity index (χ0) is 14.0. The summed E-state index contributed by atoms with van der Waals surface area (Å²) in [6.45, 7) is 2.50. The van der Waals surface area contributed by atoms with Crippen molar-refractivity contribution in [3.63, 3.8) is 0 Å². The number of carbonyl (C=O) groups is 1. The minimum absolute atomic E-state index is 0.00733. The maximum absolute atomic E-state index is 12.6. The van der Waals surface area contributed by atoms with Gasteiger partial charge in [0.1, 0.15) is 5.75 Å².